The van der Waals surface area contributed by atoms with Crippen LogP contribution in [0.4, 0.5) is 9.18 Å². The predicted octanol–water partition coefficient (Wildman–Crippen LogP) is 4.48. The van der Waals surface area contributed by atoms with Crippen molar-refractivity contribution < 1.29 is 23.6 Å². The standard InChI is InChI=1S/C22H30FN3O4/c1-13(2)19(26(21(28)29)22(3,4)5)20(27)25-10-8-14(9-11-25)18-16-7-6-15(23)12-17(16)30-24-18/h6-7,12-14,19H,8-11H2,1-5H3,(H,28,29)/t19-/m0/s1. The predicted molar refractivity (Wildman–Crippen MR) is 111 cm³/mol. The van der Waals surface area contributed by atoms with Gasteiger partial charge in [0.2, 0.25) is 5.91 Å². The molecule has 1 aromatic heterocycles. The van der Waals surface area contributed by atoms with E-state index >= 15 is 0 Å². The van der Waals surface area contributed by atoms with Gasteiger partial charge in [-0.1, -0.05) is 19.0 Å². The van der Waals surface area contributed by atoms with Crippen molar-refractivity contribution in [3.63, 3.8) is 0 Å². The summed E-state index contributed by atoms with van der Waals surface area (Å²) in [5.74, 6) is -0.573. The molecular weight excluding hydrogens is 389 g/mol. The second-order valence-electron chi connectivity index (χ2n) is 9.32. The summed E-state index contributed by atoms with van der Waals surface area (Å²) >= 11 is 0. The molecule has 1 saturated heterocycles. The summed E-state index contributed by atoms with van der Waals surface area (Å²) in [7, 11) is 0. The molecule has 3 rings (SSSR count). The van der Waals surface area contributed by atoms with Crippen LogP contribution < -0.4 is 0 Å². The summed E-state index contributed by atoms with van der Waals surface area (Å²) in [4.78, 5) is 28.3. The number of hydrogen-bond donors (Lipinski definition) is 1. The van der Waals surface area contributed by atoms with E-state index in [9.17, 15) is 19.1 Å². The molecule has 1 fully saturated rings. The number of carboxylic acid groups (broad SMARTS) is 1. The third-order valence-electron chi connectivity index (χ3n) is 5.75. The van der Waals surface area contributed by atoms with Crippen LogP contribution >= 0.6 is 0 Å². The summed E-state index contributed by atoms with van der Waals surface area (Å²) in [6.45, 7) is 10.2. The van der Waals surface area contributed by atoms with Crippen molar-refractivity contribution in [2.75, 3.05) is 13.1 Å². The highest BCUT2D eigenvalue weighted by Gasteiger charge is 2.42. The van der Waals surface area contributed by atoms with E-state index in [1.807, 2.05) is 13.8 Å². The van der Waals surface area contributed by atoms with Crippen LogP contribution in [-0.2, 0) is 4.79 Å². The third-order valence-corrected chi connectivity index (χ3v) is 5.75. The maximum atomic E-state index is 13.4. The zero-order chi connectivity index (χ0) is 22.2. The van der Waals surface area contributed by atoms with Gasteiger partial charge in [0, 0.05) is 36.0 Å². The highest BCUT2D eigenvalue weighted by Crippen LogP contribution is 2.34. The summed E-state index contributed by atoms with van der Waals surface area (Å²) in [5.41, 5.74) is 0.522. The van der Waals surface area contributed by atoms with E-state index in [2.05, 4.69) is 5.16 Å². The summed E-state index contributed by atoms with van der Waals surface area (Å²) in [5, 5.41) is 14.7. The number of fused-ring (bicyclic) bond motifs is 1. The first-order chi connectivity index (χ1) is 14.0. The monoisotopic (exact) mass is 419 g/mol. The minimum Gasteiger partial charge on any atom is -0.465 e. The Morgan fingerprint density at radius 1 is 1.27 bits per heavy atom. The highest BCUT2D eigenvalue weighted by atomic mass is 19.1. The average molecular weight is 419 g/mol. The first-order valence-electron chi connectivity index (χ1n) is 10.4. The van der Waals surface area contributed by atoms with Crippen LogP contribution in [0, 0.1) is 11.7 Å². The molecule has 30 heavy (non-hydrogen) atoms. The maximum Gasteiger partial charge on any atom is 0.408 e. The molecule has 1 atom stereocenters. The molecule has 2 amide bonds. The van der Waals surface area contributed by atoms with Gasteiger partial charge < -0.3 is 14.5 Å². The molecule has 1 aromatic carbocycles. The van der Waals surface area contributed by atoms with Gasteiger partial charge in [-0.2, -0.15) is 0 Å². The zero-order valence-corrected chi connectivity index (χ0v) is 18.2. The fourth-order valence-corrected chi connectivity index (χ4v) is 4.30. The first kappa shape index (κ1) is 22.1. The van der Waals surface area contributed by atoms with Crippen LogP contribution in [0.25, 0.3) is 11.0 Å². The second-order valence-corrected chi connectivity index (χ2v) is 9.32. The van der Waals surface area contributed by atoms with E-state index in [1.54, 1.807) is 31.7 Å². The van der Waals surface area contributed by atoms with Crippen LogP contribution in [0.2, 0.25) is 0 Å². The Hall–Kier alpha value is -2.64. The summed E-state index contributed by atoms with van der Waals surface area (Å²) < 4.78 is 18.7. The number of rotatable bonds is 4. The van der Waals surface area contributed by atoms with Gasteiger partial charge in [-0.05, 0) is 51.7 Å². The summed E-state index contributed by atoms with van der Waals surface area (Å²) in [6.07, 6.45) is 0.293. The Balaban J connectivity index is 1.75. The smallest absolute Gasteiger partial charge is 0.408 e. The summed E-state index contributed by atoms with van der Waals surface area (Å²) in [6, 6.07) is 3.65. The minimum atomic E-state index is -1.09. The molecule has 1 N–H and O–H groups in total. The number of carbonyl (C=O) groups is 2. The molecular formula is C22H30FN3O4. The Morgan fingerprint density at radius 2 is 1.90 bits per heavy atom. The van der Waals surface area contributed by atoms with E-state index in [0.717, 1.165) is 11.1 Å². The van der Waals surface area contributed by atoms with E-state index in [0.29, 0.717) is 31.5 Å². The van der Waals surface area contributed by atoms with Crippen molar-refractivity contribution in [2.45, 2.75) is 65.0 Å². The number of hydrogen-bond acceptors (Lipinski definition) is 4. The maximum absolute atomic E-state index is 13.4. The molecule has 0 saturated carbocycles. The van der Waals surface area contributed by atoms with Crippen LogP contribution in [-0.4, -0.2) is 56.7 Å². The van der Waals surface area contributed by atoms with Crippen LogP contribution in [0.15, 0.2) is 22.7 Å². The molecule has 8 heteroatoms. The zero-order valence-electron chi connectivity index (χ0n) is 18.2. The van der Waals surface area contributed by atoms with Gasteiger partial charge in [0.05, 0.1) is 5.69 Å². The highest BCUT2D eigenvalue weighted by molar-refractivity contribution is 5.86. The normalized spacial score (nSPS) is 16.8. The number of carbonyl (C=O) groups excluding carboxylic acids is 1. The second kappa shape index (κ2) is 8.24. The van der Waals surface area contributed by atoms with E-state index in [4.69, 9.17) is 4.52 Å². The number of likely N-dealkylation sites (tertiary alicyclic amines) is 1. The minimum absolute atomic E-state index is 0.108. The molecule has 0 spiro atoms. The van der Waals surface area contributed by atoms with E-state index < -0.39 is 17.7 Å². The van der Waals surface area contributed by atoms with Crippen molar-refractivity contribution in [1.82, 2.24) is 15.0 Å². The Labute approximate surface area is 175 Å². The number of benzene rings is 1. The molecule has 1 aliphatic heterocycles. The van der Waals surface area contributed by atoms with Gasteiger partial charge in [0.15, 0.2) is 5.58 Å². The van der Waals surface area contributed by atoms with Crippen molar-refractivity contribution in [3.05, 3.63) is 29.7 Å². The lowest BCUT2D eigenvalue weighted by molar-refractivity contribution is -0.141. The lowest BCUT2D eigenvalue weighted by Crippen LogP contribution is -2.60. The molecule has 0 bridgehead atoms. The Morgan fingerprint density at radius 3 is 2.43 bits per heavy atom. The number of aromatic nitrogens is 1. The van der Waals surface area contributed by atoms with Crippen molar-refractivity contribution in [3.8, 4) is 0 Å². The molecule has 0 radical (unpaired) electrons. The quantitative estimate of drug-likeness (QED) is 0.790. The molecule has 0 unspecified atom stereocenters. The SMILES string of the molecule is CC(C)[C@@H](C(=O)N1CCC(c2noc3cc(F)ccc23)CC1)N(C(=O)O)C(C)(C)C. The van der Waals surface area contributed by atoms with Crippen molar-refractivity contribution in [1.29, 1.82) is 0 Å². The molecule has 2 aromatic rings. The largest absolute Gasteiger partial charge is 0.465 e. The number of piperidine rings is 1. The lowest BCUT2D eigenvalue weighted by Gasteiger charge is -2.43. The van der Waals surface area contributed by atoms with Gasteiger partial charge in [-0.3, -0.25) is 9.69 Å². The van der Waals surface area contributed by atoms with Gasteiger partial charge >= 0.3 is 6.09 Å². The fourth-order valence-electron chi connectivity index (χ4n) is 4.30. The molecule has 2 heterocycles. The molecule has 0 aliphatic carbocycles. The molecule has 7 nitrogen and oxygen atoms in total. The third kappa shape index (κ3) is 4.27. The lowest BCUT2D eigenvalue weighted by atomic mass is 9.90. The van der Waals surface area contributed by atoms with Gasteiger partial charge in [0.1, 0.15) is 11.9 Å². The Kier molecular flexibility index (Phi) is 6.06. The van der Waals surface area contributed by atoms with Gasteiger partial charge in [-0.25, -0.2) is 9.18 Å². The van der Waals surface area contributed by atoms with E-state index in [1.165, 1.54) is 17.0 Å². The van der Waals surface area contributed by atoms with Gasteiger partial charge in [0.25, 0.3) is 0 Å². The average Bonchev–Trinajstić information content (AvgIpc) is 3.07. The first-order valence-corrected chi connectivity index (χ1v) is 10.4. The number of halogens is 1. The van der Waals surface area contributed by atoms with Crippen LogP contribution in [0.3, 0.4) is 0 Å². The Bertz CT molecular complexity index is 926. The molecule has 164 valence electrons. The number of amides is 2. The van der Waals surface area contributed by atoms with Crippen LogP contribution in [0.5, 0.6) is 0 Å². The van der Waals surface area contributed by atoms with E-state index in [-0.39, 0.29) is 23.6 Å². The molecule has 1 aliphatic rings. The topological polar surface area (TPSA) is 86.9 Å². The number of nitrogens with zero attached hydrogens (tertiary/aromatic N) is 3. The fraction of sp³-hybridized carbons (Fsp3) is 0.591. The van der Waals surface area contributed by atoms with Crippen LogP contribution in [0.1, 0.15) is 59.1 Å². The van der Waals surface area contributed by atoms with Crippen molar-refractivity contribution >= 4 is 23.0 Å². The van der Waals surface area contributed by atoms with Gasteiger partial charge in [-0.15, -0.1) is 0 Å². The van der Waals surface area contributed by atoms with Crippen molar-refractivity contribution in [2.24, 2.45) is 5.92 Å².